The van der Waals surface area contributed by atoms with Crippen molar-refractivity contribution < 1.29 is 13.9 Å². The Balaban J connectivity index is 1.53. The summed E-state index contributed by atoms with van der Waals surface area (Å²) in [4.78, 5) is 17.4. The van der Waals surface area contributed by atoms with Crippen LogP contribution in [0, 0.1) is 0 Å². The molecule has 5 rings (SSSR count). The van der Waals surface area contributed by atoms with Crippen molar-refractivity contribution in [2.24, 2.45) is 0 Å². The van der Waals surface area contributed by atoms with Gasteiger partial charge in [-0.2, -0.15) is 0 Å². The van der Waals surface area contributed by atoms with Crippen LogP contribution in [0.15, 0.2) is 89.3 Å². The lowest BCUT2D eigenvalue weighted by Gasteiger charge is -2.09. The molecule has 5 nitrogen and oxygen atoms in total. The van der Waals surface area contributed by atoms with Gasteiger partial charge in [0.05, 0.1) is 18.4 Å². The number of aromatic nitrogens is 1. The highest BCUT2D eigenvalue weighted by molar-refractivity contribution is 6.07. The third-order valence-electron chi connectivity index (χ3n) is 5.04. The molecule has 5 aromatic rings. The number of hydrogen-bond donors (Lipinski definition) is 1. The fourth-order valence-corrected chi connectivity index (χ4v) is 3.49. The zero-order chi connectivity index (χ0) is 20.5. The maximum Gasteiger partial charge on any atom is 0.255 e. The summed E-state index contributed by atoms with van der Waals surface area (Å²) in [6.45, 7) is 0. The minimum atomic E-state index is -0.216. The summed E-state index contributed by atoms with van der Waals surface area (Å²) in [7, 11) is 1.59. The third-order valence-corrected chi connectivity index (χ3v) is 5.04. The minimum Gasteiger partial charge on any atom is -0.497 e. The summed E-state index contributed by atoms with van der Waals surface area (Å²) in [5, 5.41) is 5.06. The van der Waals surface area contributed by atoms with E-state index in [0.717, 1.165) is 27.4 Å². The molecule has 0 bridgehead atoms. The quantitative estimate of drug-likeness (QED) is 0.412. The Hall–Kier alpha value is -4.12. The zero-order valence-electron chi connectivity index (χ0n) is 16.3. The lowest BCUT2D eigenvalue weighted by atomic mass is 10.1. The highest BCUT2D eigenvalue weighted by Crippen LogP contribution is 2.33. The molecule has 4 aromatic carbocycles. The Morgan fingerprint density at radius 1 is 0.900 bits per heavy atom. The molecule has 0 aliphatic rings. The van der Waals surface area contributed by atoms with Gasteiger partial charge in [-0.05, 0) is 47.9 Å². The summed E-state index contributed by atoms with van der Waals surface area (Å²) < 4.78 is 11.3. The Labute approximate surface area is 172 Å². The molecule has 1 aromatic heterocycles. The monoisotopic (exact) mass is 394 g/mol. The maximum atomic E-state index is 12.7. The molecule has 0 radical (unpaired) electrons. The third kappa shape index (κ3) is 3.16. The highest BCUT2D eigenvalue weighted by Gasteiger charge is 2.16. The van der Waals surface area contributed by atoms with E-state index in [0.29, 0.717) is 22.9 Å². The Morgan fingerprint density at radius 2 is 1.67 bits per heavy atom. The van der Waals surface area contributed by atoms with Gasteiger partial charge in [-0.15, -0.1) is 0 Å². The van der Waals surface area contributed by atoms with Crippen molar-refractivity contribution in [2.75, 3.05) is 12.4 Å². The van der Waals surface area contributed by atoms with E-state index in [-0.39, 0.29) is 5.91 Å². The molecule has 146 valence electrons. The molecular weight excluding hydrogens is 376 g/mol. The number of carbonyl (C=O) groups is 1. The van der Waals surface area contributed by atoms with E-state index in [1.54, 1.807) is 31.4 Å². The van der Waals surface area contributed by atoms with Crippen molar-refractivity contribution in [3.63, 3.8) is 0 Å². The SMILES string of the molecule is COc1ccc(C(=O)Nc2ccccc2-c2nc3ccc4ccccc4c3o2)cc1. The van der Waals surface area contributed by atoms with Crippen LogP contribution in [0.2, 0.25) is 0 Å². The van der Waals surface area contributed by atoms with Crippen molar-refractivity contribution in [3.8, 4) is 17.2 Å². The number of anilines is 1. The van der Waals surface area contributed by atoms with Crippen molar-refractivity contribution >= 4 is 33.5 Å². The van der Waals surface area contributed by atoms with Crippen LogP contribution in [-0.2, 0) is 0 Å². The largest absolute Gasteiger partial charge is 0.497 e. The molecule has 0 unspecified atom stereocenters. The number of methoxy groups -OCH3 is 1. The molecule has 5 heteroatoms. The normalized spacial score (nSPS) is 11.0. The van der Waals surface area contributed by atoms with Gasteiger partial charge in [-0.1, -0.05) is 42.5 Å². The van der Waals surface area contributed by atoms with Crippen molar-refractivity contribution in [1.82, 2.24) is 4.98 Å². The molecular formula is C25H18N2O3. The average molecular weight is 394 g/mol. The summed E-state index contributed by atoms with van der Waals surface area (Å²) in [6, 6.07) is 26.5. The van der Waals surface area contributed by atoms with Gasteiger partial charge in [0.15, 0.2) is 5.58 Å². The predicted octanol–water partition coefficient (Wildman–Crippen LogP) is 5.91. The number of hydrogen-bond acceptors (Lipinski definition) is 4. The van der Waals surface area contributed by atoms with Crippen LogP contribution in [0.4, 0.5) is 5.69 Å². The Morgan fingerprint density at radius 3 is 2.50 bits per heavy atom. The highest BCUT2D eigenvalue weighted by atomic mass is 16.5. The molecule has 1 amide bonds. The van der Waals surface area contributed by atoms with Crippen LogP contribution >= 0.6 is 0 Å². The van der Waals surface area contributed by atoms with E-state index in [1.165, 1.54) is 0 Å². The first-order valence-corrected chi connectivity index (χ1v) is 9.56. The van der Waals surface area contributed by atoms with Gasteiger partial charge >= 0.3 is 0 Å². The second-order valence-corrected chi connectivity index (χ2v) is 6.88. The summed E-state index contributed by atoms with van der Waals surface area (Å²) in [5.41, 5.74) is 3.40. The lowest BCUT2D eigenvalue weighted by Crippen LogP contribution is -2.12. The predicted molar refractivity (Wildman–Crippen MR) is 118 cm³/mol. The number of amides is 1. The van der Waals surface area contributed by atoms with Crippen LogP contribution in [0.3, 0.4) is 0 Å². The van der Waals surface area contributed by atoms with Gasteiger partial charge in [0.1, 0.15) is 11.3 Å². The molecule has 0 saturated heterocycles. The molecule has 30 heavy (non-hydrogen) atoms. The van der Waals surface area contributed by atoms with Crippen molar-refractivity contribution in [3.05, 3.63) is 90.5 Å². The number of para-hydroxylation sites is 1. The number of benzene rings is 4. The smallest absolute Gasteiger partial charge is 0.255 e. The van der Waals surface area contributed by atoms with Crippen LogP contribution in [0.5, 0.6) is 5.75 Å². The standard InChI is InChI=1S/C25H18N2O3/c1-29-18-13-10-17(11-14-18)24(28)26-21-9-5-4-8-20(21)25-27-22-15-12-16-6-2-3-7-19(16)23(22)30-25/h2-15H,1H3,(H,26,28). The van der Waals surface area contributed by atoms with E-state index in [4.69, 9.17) is 9.15 Å². The first-order valence-electron chi connectivity index (χ1n) is 9.56. The van der Waals surface area contributed by atoms with E-state index < -0.39 is 0 Å². The van der Waals surface area contributed by atoms with Crippen molar-refractivity contribution in [2.45, 2.75) is 0 Å². The molecule has 0 fully saturated rings. The summed E-state index contributed by atoms with van der Waals surface area (Å²) in [5.74, 6) is 0.948. The second kappa shape index (κ2) is 7.37. The van der Waals surface area contributed by atoms with E-state index >= 15 is 0 Å². The molecule has 1 heterocycles. The van der Waals surface area contributed by atoms with Crippen LogP contribution in [-0.4, -0.2) is 18.0 Å². The average Bonchev–Trinajstić information content (AvgIpc) is 3.24. The fraction of sp³-hybridized carbons (Fsp3) is 0.0400. The number of nitrogens with zero attached hydrogens (tertiary/aromatic N) is 1. The molecule has 1 N–H and O–H groups in total. The Bertz CT molecular complexity index is 1370. The zero-order valence-corrected chi connectivity index (χ0v) is 16.3. The fourth-order valence-electron chi connectivity index (χ4n) is 3.49. The van der Waals surface area contributed by atoms with E-state index in [2.05, 4.69) is 10.3 Å². The molecule has 0 spiro atoms. The van der Waals surface area contributed by atoms with Crippen LogP contribution in [0.1, 0.15) is 10.4 Å². The summed E-state index contributed by atoms with van der Waals surface area (Å²) in [6.07, 6.45) is 0. The van der Waals surface area contributed by atoms with Gasteiger partial charge < -0.3 is 14.5 Å². The minimum absolute atomic E-state index is 0.216. The van der Waals surface area contributed by atoms with Gasteiger partial charge in [0.2, 0.25) is 5.89 Å². The number of oxazole rings is 1. The first kappa shape index (κ1) is 17.9. The van der Waals surface area contributed by atoms with Crippen molar-refractivity contribution in [1.29, 1.82) is 0 Å². The number of nitrogens with one attached hydrogen (secondary N) is 1. The summed E-state index contributed by atoms with van der Waals surface area (Å²) >= 11 is 0. The Kier molecular flexibility index (Phi) is 4.41. The van der Waals surface area contributed by atoms with Gasteiger partial charge in [-0.25, -0.2) is 4.98 Å². The molecule has 0 aliphatic heterocycles. The number of carbonyl (C=O) groups excluding carboxylic acids is 1. The number of fused-ring (bicyclic) bond motifs is 3. The van der Waals surface area contributed by atoms with Crippen LogP contribution < -0.4 is 10.1 Å². The lowest BCUT2D eigenvalue weighted by molar-refractivity contribution is 0.102. The topological polar surface area (TPSA) is 64.4 Å². The molecule has 0 atom stereocenters. The number of rotatable bonds is 4. The first-order chi connectivity index (χ1) is 14.7. The van der Waals surface area contributed by atoms with E-state index in [1.807, 2.05) is 60.7 Å². The van der Waals surface area contributed by atoms with Gasteiger partial charge in [0.25, 0.3) is 5.91 Å². The van der Waals surface area contributed by atoms with Gasteiger partial charge in [-0.3, -0.25) is 4.79 Å². The second-order valence-electron chi connectivity index (χ2n) is 6.88. The molecule has 0 saturated carbocycles. The molecule has 0 aliphatic carbocycles. The van der Waals surface area contributed by atoms with Crippen LogP contribution in [0.25, 0.3) is 33.3 Å². The number of ether oxygens (including phenoxy) is 1. The van der Waals surface area contributed by atoms with Gasteiger partial charge in [0, 0.05) is 10.9 Å². The maximum absolute atomic E-state index is 12.7. The van der Waals surface area contributed by atoms with E-state index in [9.17, 15) is 4.79 Å².